The molecule has 2 aliphatic rings. The SMILES string of the molecule is O=C(CCC1CCCO1)C1CC1c1ccccc1. The van der Waals surface area contributed by atoms with Gasteiger partial charge in [-0.2, -0.15) is 0 Å². The molecule has 2 fully saturated rings. The first-order chi connectivity index (χ1) is 8.84. The molecule has 18 heavy (non-hydrogen) atoms. The van der Waals surface area contributed by atoms with Gasteiger partial charge in [-0.1, -0.05) is 30.3 Å². The second kappa shape index (κ2) is 5.23. The van der Waals surface area contributed by atoms with Crippen molar-refractivity contribution in [2.45, 2.75) is 44.1 Å². The van der Waals surface area contributed by atoms with Crippen molar-refractivity contribution >= 4 is 5.78 Å². The average Bonchev–Trinajstić information content (AvgIpc) is 3.05. The van der Waals surface area contributed by atoms with E-state index in [-0.39, 0.29) is 5.92 Å². The van der Waals surface area contributed by atoms with Crippen LogP contribution >= 0.6 is 0 Å². The first-order valence-electron chi connectivity index (χ1n) is 7.04. The number of ether oxygens (including phenoxy) is 1. The van der Waals surface area contributed by atoms with Crippen LogP contribution < -0.4 is 0 Å². The Kier molecular flexibility index (Phi) is 3.46. The lowest BCUT2D eigenvalue weighted by molar-refractivity contribution is -0.120. The summed E-state index contributed by atoms with van der Waals surface area (Å²) in [4.78, 5) is 12.1. The molecule has 1 heterocycles. The van der Waals surface area contributed by atoms with Crippen molar-refractivity contribution in [2.75, 3.05) is 6.61 Å². The van der Waals surface area contributed by atoms with Crippen molar-refractivity contribution in [3.8, 4) is 0 Å². The lowest BCUT2D eigenvalue weighted by Crippen LogP contribution is -2.10. The van der Waals surface area contributed by atoms with Crippen LogP contribution in [0.1, 0.15) is 43.6 Å². The van der Waals surface area contributed by atoms with Crippen LogP contribution in [0, 0.1) is 5.92 Å². The lowest BCUT2D eigenvalue weighted by atomic mass is 10.0. The summed E-state index contributed by atoms with van der Waals surface area (Å²) in [7, 11) is 0. The Hall–Kier alpha value is -1.15. The van der Waals surface area contributed by atoms with E-state index in [1.165, 1.54) is 5.56 Å². The van der Waals surface area contributed by atoms with Crippen molar-refractivity contribution in [1.29, 1.82) is 0 Å². The summed E-state index contributed by atoms with van der Waals surface area (Å²) in [6.07, 6.45) is 5.33. The van der Waals surface area contributed by atoms with Gasteiger partial charge in [0.2, 0.25) is 0 Å². The highest BCUT2D eigenvalue weighted by molar-refractivity contribution is 5.85. The maximum atomic E-state index is 12.1. The van der Waals surface area contributed by atoms with Gasteiger partial charge in [-0.25, -0.2) is 0 Å². The van der Waals surface area contributed by atoms with Crippen LogP contribution in [0.3, 0.4) is 0 Å². The first-order valence-corrected chi connectivity index (χ1v) is 7.04. The summed E-state index contributed by atoms with van der Waals surface area (Å²) in [5.74, 6) is 1.22. The quantitative estimate of drug-likeness (QED) is 0.794. The minimum Gasteiger partial charge on any atom is -0.378 e. The lowest BCUT2D eigenvalue weighted by Gasteiger charge is -2.07. The summed E-state index contributed by atoms with van der Waals surface area (Å²) in [5, 5.41) is 0. The Morgan fingerprint density at radius 2 is 2.11 bits per heavy atom. The molecule has 0 N–H and O–H groups in total. The van der Waals surface area contributed by atoms with E-state index in [0.29, 0.717) is 24.2 Å². The van der Waals surface area contributed by atoms with E-state index >= 15 is 0 Å². The molecular weight excluding hydrogens is 224 g/mol. The van der Waals surface area contributed by atoms with E-state index in [0.717, 1.165) is 32.3 Å². The maximum Gasteiger partial charge on any atom is 0.136 e. The zero-order chi connectivity index (χ0) is 12.4. The summed E-state index contributed by atoms with van der Waals surface area (Å²) in [6, 6.07) is 10.4. The van der Waals surface area contributed by atoms with E-state index in [1.807, 2.05) is 6.07 Å². The summed E-state index contributed by atoms with van der Waals surface area (Å²) in [5.41, 5.74) is 1.33. The zero-order valence-electron chi connectivity index (χ0n) is 10.7. The largest absolute Gasteiger partial charge is 0.378 e. The molecular formula is C16H20O2. The molecule has 1 saturated heterocycles. The Morgan fingerprint density at radius 1 is 1.28 bits per heavy atom. The van der Waals surface area contributed by atoms with Gasteiger partial charge in [-0.3, -0.25) is 4.79 Å². The Labute approximate surface area is 108 Å². The van der Waals surface area contributed by atoms with Crippen molar-refractivity contribution in [1.82, 2.24) is 0 Å². The number of rotatable bonds is 5. The molecule has 3 atom stereocenters. The van der Waals surface area contributed by atoms with E-state index in [1.54, 1.807) is 0 Å². The monoisotopic (exact) mass is 244 g/mol. The normalized spacial score (nSPS) is 30.3. The van der Waals surface area contributed by atoms with Crippen molar-refractivity contribution in [3.05, 3.63) is 35.9 Å². The van der Waals surface area contributed by atoms with Crippen LogP contribution in [0.4, 0.5) is 0 Å². The molecule has 2 heteroatoms. The topological polar surface area (TPSA) is 26.3 Å². The standard InChI is InChI=1S/C16H20O2/c17-16(9-8-13-7-4-10-18-13)15-11-14(15)12-5-2-1-3-6-12/h1-3,5-6,13-15H,4,7-11H2. The van der Waals surface area contributed by atoms with Gasteiger partial charge in [-0.05, 0) is 37.2 Å². The summed E-state index contributed by atoms with van der Waals surface area (Å²) in [6.45, 7) is 0.884. The van der Waals surface area contributed by atoms with Gasteiger partial charge < -0.3 is 4.74 Å². The molecule has 3 rings (SSSR count). The van der Waals surface area contributed by atoms with Gasteiger partial charge >= 0.3 is 0 Å². The third-order valence-corrected chi connectivity index (χ3v) is 4.17. The van der Waals surface area contributed by atoms with Crippen LogP contribution in [-0.4, -0.2) is 18.5 Å². The highest BCUT2D eigenvalue weighted by Gasteiger charge is 2.43. The summed E-state index contributed by atoms with van der Waals surface area (Å²) >= 11 is 0. The Bertz CT molecular complexity index is 406. The predicted octanol–water partition coefficient (Wildman–Crippen LogP) is 3.32. The second-order valence-electron chi connectivity index (χ2n) is 5.50. The molecule has 1 aromatic carbocycles. The number of carbonyl (C=O) groups is 1. The molecule has 0 amide bonds. The fraction of sp³-hybridized carbons (Fsp3) is 0.562. The molecule has 1 saturated carbocycles. The molecule has 1 aliphatic heterocycles. The number of benzene rings is 1. The molecule has 0 radical (unpaired) electrons. The Balaban J connectivity index is 1.47. The van der Waals surface area contributed by atoms with Crippen LogP contribution in [0.5, 0.6) is 0 Å². The van der Waals surface area contributed by atoms with E-state index < -0.39 is 0 Å². The molecule has 0 aromatic heterocycles. The van der Waals surface area contributed by atoms with E-state index in [9.17, 15) is 4.79 Å². The number of hydrogen-bond acceptors (Lipinski definition) is 2. The molecule has 3 unspecified atom stereocenters. The third-order valence-electron chi connectivity index (χ3n) is 4.17. The van der Waals surface area contributed by atoms with Crippen molar-refractivity contribution in [2.24, 2.45) is 5.92 Å². The van der Waals surface area contributed by atoms with Crippen LogP contribution in [0.2, 0.25) is 0 Å². The molecule has 2 nitrogen and oxygen atoms in total. The molecule has 0 bridgehead atoms. The molecule has 1 aromatic rings. The first kappa shape index (κ1) is 11.9. The minimum atomic E-state index is 0.286. The highest BCUT2D eigenvalue weighted by Crippen LogP contribution is 2.48. The second-order valence-corrected chi connectivity index (χ2v) is 5.50. The molecule has 96 valence electrons. The predicted molar refractivity (Wildman–Crippen MR) is 70.5 cm³/mol. The number of hydrogen-bond donors (Lipinski definition) is 0. The highest BCUT2D eigenvalue weighted by atomic mass is 16.5. The number of Topliss-reactive ketones (excluding diaryl/α,β-unsaturated/α-hetero) is 1. The Morgan fingerprint density at radius 3 is 2.83 bits per heavy atom. The van der Waals surface area contributed by atoms with Gasteiger partial charge in [0.05, 0.1) is 6.10 Å². The van der Waals surface area contributed by atoms with Gasteiger partial charge in [0.15, 0.2) is 0 Å². The van der Waals surface area contributed by atoms with Gasteiger partial charge in [0, 0.05) is 18.9 Å². The summed E-state index contributed by atoms with van der Waals surface area (Å²) < 4.78 is 5.56. The fourth-order valence-electron chi connectivity index (χ4n) is 2.98. The van der Waals surface area contributed by atoms with Crippen molar-refractivity contribution < 1.29 is 9.53 Å². The minimum absolute atomic E-state index is 0.286. The molecule has 1 aliphatic carbocycles. The van der Waals surface area contributed by atoms with Gasteiger partial charge in [0.1, 0.15) is 5.78 Å². The van der Waals surface area contributed by atoms with Gasteiger partial charge in [0.25, 0.3) is 0 Å². The van der Waals surface area contributed by atoms with Gasteiger partial charge in [-0.15, -0.1) is 0 Å². The smallest absolute Gasteiger partial charge is 0.136 e. The van der Waals surface area contributed by atoms with Crippen LogP contribution in [0.15, 0.2) is 30.3 Å². The van der Waals surface area contributed by atoms with Crippen molar-refractivity contribution in [3.63, 3.8) is 0 Å². The zero-order valence-corrected chi connectivity index (χ0v) is 10.7. The van der Waals surface area contributed by atoms with Crippen LogP contribution in [0.25, 0.3) is 0 Å². The third kappa shape index (κ3) is 2.64. The van der Waals surface area contributed by atoms with E-state index in [4.69, 9.17) is 4.74 Å². The number of ketones is 1. The number of carbonyl (C=O) groups excluding carboxylic acids is 1. The maximum absolute atomic E-state index is 12.1. The fourth-order valence-corrected chi connectivity index (χ4v) is 2.98. The molecule has 0 spiro atoms. The average molecular weight is 244 g/mol. The van der Waals surface area contributed by atoms with E-state index in [2.05, 4.69) is 24.3 Å². The van der Waals surface area contributed by atoms with Crippen LogP contribution in [-0.2, 0) is 9.53 Å².